The number of imidazole rings is 1. The first-order valence-electron chi connectivity index (χ1n) is 5.73. The fraction of sp³-hybridized carbons (Fsp3) is 0. The van der Waals surface area contributed by atoms with Gasteiger partial charge in [-0.05, 0) is 24.3 Å². The number of nitrogens with zero attached hydrogens (tertiary/aromatic N) is 2. The maximum Gasteiger partial charge on any atom is 0.337 e. The van der Waals surface area contributed by atoms with Crippen molar-refractivity contribution in [3.8, 4) is 5.69 Å². The van der Waals surface area contributed by atoms with Gasteiger partial charge in [-0.15, -0.1) is 0 Å². The van der Waals surface area contributed by atoms with Crippen LogP contribution in [0.1, 0.15) is 10.4 Å². The van der Waals surface area contributed by atoms with E-state index in [9.17, 15) is 4.79 Å². The zero-order valence-corrected chi connectivity index (χ0v) is 11.6. The smallest absolute Gasteiger partial charge is 0.337 e. The van der Waals surface area contributed by atoms with Crippen LogP contribution in [0.25, 0.3) is 16.7 Å². The molecule has 4 nitrogen and oxygen atoms in total. The standard InChI is InChI=1S/C14H8Cl2N2O2/c15-9-4-2-5-10(12(9)16)18-7-17-13-8(14(19)20)3-1-6-11(13)18/h1-7H,(H,19,20). The molecule has 0 saturated heterocycles. The summed E-state index contributed by atoms with van der Waals surface area (Å²) in [4.78, 5) is 15.4. The molecule has 20 heavy (non-hydrogen) atoms. The van der Waals surface area contributed by atoms with Gasteiger partial charge in [0.05, 0.1) is 26.8 Å². The van der Waals surface area contributed by atoms with Gasteiger partial charge in [0.15, 0.2) is 0 Å². The number of halogens is 2. The summed E-state index contributed by atoms with van der Waals surface area (Å²) < 4.78 is 1.72. The molecule has 0 saturated carbocycles. The number of aromatic nitrogens is 2. The van der Waals surface area contributed by atoms with Crippen LogP contribution in [-0.4, -0.2) is 20.6 Å². The molecule has 0 spiro atoms. The number of benzene rings is 2. The zero-order valence-electron chi connectivity index (χ0n) is 10.0. The SMILES string of the molecule is O=C(O)c1cccc2c1ncn2-c1cccc(Cl)c1Cl. The Morgan fingerprint density at radius 1 is 1.15 bits per heavy atom. The van der Waals surface area contributed by atoms with Gasteiger partial charge in [0, 0.05) is 0 Å². The van der Waals surface area contributed by atoms with E-state index >= 15 is 0 Å². The quantitative estimate of drug-likeness (QED) is 0.777. The van der Waals surface area contributed by atoms with Crippen molar-refractivity contribution in [2.24, 2.45) is 0 Å². The summed E-state index contributed by atoms with van der Waals surface area (Å²) in [5, 5.41) is 9.99. The van der Waals surface area contributed by atoms with Crippen LogP contribution in [0.2, 0.25) is 10.0 Å². The van der Waals surface area contributed by atoms with Gasteiger partial charge in [-0.25, -0.2) is 9.78 Å². The molecule has 0 bridgehead atoms. The molecule has 0 aliphatic rings. The Morgan fingerprint density at radius 3 is 2.65 bits per heavy atom. The van der Waals surface area contributed by atoms with E-state index in [0.717, 1.165) is 0 Å². The first-order chi connectivity index (χ1) is 9.59. The number of fused-ring (bicyclic) bond motifs is 1. The van der Waals surface area contributed by atoms with Crippen LogP contribution in [0.15, 0.2) is 42.7 Å². The van der Waals surface area contributed by atoms with Crippen molar-refractivity contribution in [3.05, 3.63) is 58.3 Å². The second-order valence-electron chi connectivity index (χ2n) is 4.17. The average Bonchev–Trinajstić information content (AvgIpc) is 2.85. The van der Waals surface area contributed by atoms with E-state index in [2.05, 4.69) is 4.98 Å². The molecule has 1 N–H and O–H groups in total. The van der Waals surface area contributed by atoms with Gasteiger partial charge in [0.25, 0.3) is 0 Å². The van der Waals surface area contributed by atoms with Crippen LogP contribution in [-0.2, 0) is 0 Å². The number of hydrogen-bond acceptors (Lipinski definition) is 2. The molecule has 0 unspecified atom stereocenters. The van der Waals surface area contributed by atoms with Gasteiger partial charge in [-0.3, -0.25) is 4.57 Å². The molecule has 100 valence electrons. The van der Waals surface area contributed by atoms with Crippen molar-refractivity contribution in [2.45, 2.75) is 0 Å². The molecular weight excluding hydrogens is 299 g/mol. The number of rotatable bonds is 2. The number of hydrogen-bond donors (Lipinski definition) is 1. The molecule has 0 fully saturated rings. The Hall–Kier alpha value is -2.04. The molecule has 1 aromatic heterocycles. The van der Waals surface area contributed by atoms with E-state index in [1.54, 1.807) is 34.9 Å². The summed E-state index contributed by atoms with van der Waals surface area (Å²) in [7, 11) is 0. The third kappa shape index (κ3) is 1.94. The van der Waals surface area contributed by atoms with Gasteiger partial charge in [-0.2, -0.15) is 0 Å². The maximum absolute atomic E-state index is 11.2. The highest BCUT2D eigenvalue weighted by Gasteiger charge is 2.15. The molecule has 2 aromatic carbocycles. The van der Waals surface area contributed by atoms with Gasteiger partial charge in [-0.1, -0.05) is 35.3 Å². The normalized spacial score (nSPS) is 10.9. The monoisotopic (exact) mass is 306 g/mol. The summed E-state index contributed by atoms with van der Waals surface area (Å²) in [6.45, 7) is 0. The topological polar surface area (TPSA) is 55.1 Å². The molecule has 0 aliphatic heterocycles. The van der Waals surface area contributed by atoms with Gasteiger partial charge in [0.1, 0.15) is 11.8 Å². The lowest BCUT2D eigenvalue weighted by atomic mass is 10.2. The molecule has 0 atom stereocenters. The Balaban J connectivity index is 2.31. The molecule has 0 amide bonds. The van der Waals surface area contributed by atoms with Crippen molar-refractivity contribution in [1.29, 1.82) is 0 Å². The van der Waals surface area contributed by atoms with Crippen molar-refractivity contribution < 1.29 is 9.90 Å². The summed E-state index contributed by atoms with van der Waals surface area (Å²) >= 11 is 12.2. The first kappa shape index (κ1) is 13.0. The summed E-state index contributed by atoms with van der Waals surface area (Å²) in [5.74, 6) is -1.02. The third-order valence-corrected chi connectivity index (χ3v) is 3.81. The highest BCUT2D eigenvalue weighted by Crippen LogP contribution is 2.31. The van der Waals surface area contributed by atoms with E-state index in [0.29, 0.717) is 26.8 Å². The largest absolute Gasteiger partial charge is 0.478 e. The zero-order chi connectivity index (χ0) is 14.3. The predicted octanol–water partition coefficient (Wildman–Crippen LogP) is 4.03. The molecule has 0 radical (unpaired) electrons. The number of carbonyl (C=O) groups is 1. The van der Waals surface area contributed by atoms with Crippen LogP contribution < -0.4 is 0 Å². The van der Waals surface area contributed by atoms with E-state index in [1.807, 2.05) is 0 Å². The van der Waals surface area contributed by atoms with Crippen LogP contribution in [0.5, 0.6) is 0 Å². The second kappa shape index (κ2) is 4.81. The van der Waals surface area contributed by atoms with Crippen molar-refractivity contribution in [2.75, 3.05) is 0 Å². The van der Waals surface area contributed by atoms with Crippen LogP contribution in [0.3, 0.4) is 0 Å². The minimum Gasteiger partial charge on any atom is -0.478 e. The minimum atomic E-state index is -1.02. The fourth-order valence-electron chi connectivity index (χ4n) is 2.08. The second-order valence-corrected chi connectivity index (χ2v) is 4.95. The summed E-state index contributed by atoms with van der Waals surface area (Å²) in [6, 6.07) is 10.2. The van der Waals surface area contributed by atoms with Crippen LogP contribution >= 0.6 is 23.2 Å². The minimum absolute atomic E-state index is 0.152. The van der Waals surface area contributed by atoms with Crippen LogP contribution in [0, 0.1) is 0 Å². The van der Waals surface area contributed by atoms with Crippen molar-refractivity contribution in [1.82, 2.24) is 9.55 Å². The molecule has 6 heteroatoms. The van der Waals surface area contributed by atoms with Gasteiger partial charge >= 0.3 is 5.97 Å². The molecule has 3 rings (SSSR count). The number of para-hydroxylation sites is 1. The number of aromatic carboxylic acids is 1. The number of carboxylic acids is 1. The van der Waals surface area contributed by atoms with E-state index in [1.165, 1.54) is 12.4 Å². The molecule has 0 aliphatic carbocycles. The number of carboxylic acid groups (broad SMARTS) is 1. The first-order valence-corrected chi connectivity index (χ1v) is 6.49. The van der Waals surface area contributed by atoms with E-state index < -0.39 is 5.97 Å². The average molecular weight is 307 g/mol. The Labute approximate surface area is 124 Å². The molecule has 3 aromatic rings. The van der Waals surface area contributed by atoms with E-state index in [4.69, 9.17) is 28.3 Å². The van der Waals surface area contributed by atoms with Gasteiger partial charge in [0.2, 0.25) is 0 Å². The van der Waals surface area contributed by atoms with Crippen molar-refractivity contribution >= 4 is 40.2 Å². The lowest BCUT2D eigenvalue weighted by Crippen LogP contribution is -1.98. The highest BCUT2D eigenvalue weighted by atomic mass is 35.5. The molecule has 1 heterocycles. The maximum atomic E-state index is 11.2. The third-order valence-electron chi connectivity index (χ3n) is 3.00. The predicted molar refractivity (Wildman–Crippen MR) is 78.0 cm³/mol. The lowest BCUT2D eigenvalue weighted by molar-refractivity contribution is 0.0699. The van der Waals surface area contributed by atoms with Crippen molar-refractivity contribution in [3.63, 3.8) is 0 Å². The Kier molecular flexibility index (Phi) is 3.12. The van der Waals surface area contributed by atoms with E-state index in [-0.39, 0.29) is 5.56 Å². The Morgan fingerprint density at radius 2 is 1.90 bits per heavy atom. The highest BCUT2D eigenvalue weighted by molar-refractivity contribution is 6.43. The lowest BCUT2D eigenvalue weighted by Gasteiger charge is -2.08. The fourth-order valence-corrected chi connectivity index (χ4v) is 2.47. The van der Waals surface area contributed by atoms with Gasteiger partial charge < -0.3 is 5.11 Å². The Bertz CT molecular complexity index is 827. The summed E-state index contributed by atoms with van der Waals surface area (Å²) in [6.07, 6.45) is 1.54. The molecular formula is C14H8Cl2N2O2. The van der Waals surface area contributed by atoms with Crippen LogP contribution in [0.4, 0.5) is 0 Å². The summed E-state index contributed by atoms with van der Waals surface area (Å²) in [5.41, 5.74) is 1.88.